The monoisotopic (exact) mass is 642 g/mol. The van der Waals surface area contributed by atoms with Gasteiger partial charge in [0.25, 0.3) is 0 Å². The molecule has 1 aliphatic heterocycles. The molecule has 1 saturated heterocycles. The van der Waals surface area contributed by atoms with E-state index in [1.54, 1.807) is 0 Å². The zero-order valence-electron chi connectivity index (χ0n) is 26.8. The zero-order valence-corrected chi connectivity index (χ0v) is 28.4. The second-order valence-corrected chi connectivity index (χ2v) is 16.0. The van der Waals surface area contributed by atoms with E-state index in [2.05, 4.69) is 56.4 Å². The van der Waals surface area contributed by atoms with E-state index in [1.165, 1.54) is 76.4 Å². The van der Waals surface area contributed by atoms with Crippen molar-refractivity contribution in [1.82, 2.24) is 5.32 Å². The summed E-state index contributed by atoms with van der Waals surface area (Å²) in [5, 5.41) is 13.7. The van der Waals surface area contributed by atoms with Crippen LogP contribution in [0.5, 0.6) is 0 Å². The predicted octanol–water partition coefficient (Wildman–Crippen LogP) is 4.35. The number of amides is 1. The third-order valence-corrected chi connectivity index (χ3v) is 14.0. The molecule has 1 amide bonds. The van der Waals surface area contributed by atoms with Gasteiger partial charge < -0.3 is 31.9 Å². The van der Waals surface area contributed by atoms with Crippen LogP contribution in [0.4, 0.5) is 0 Å². The van der Waals surface area contributed by atoms with Crippen LogP contribution in [0.2, 0.25) is 0 Å². The highest BCUT2D eigenvalue weighted by Crippen LogP contribution is 2.68. The Hall–Kier alpha value is -0.910. The molecule has 6 rings (SSSR count). The Labute approximate surface area is 267 Å². The van der Waals surface area contributed by atoms with E-state index in [9.17, 15) is 9.90 Å². The van der Waals surface area contributed by atoms with Crippen LogP contribution >= 0.6 is 0 Å². The van der Waals surface area contributed by atoms with Gasteiger partial charge in [-0.15, -0.1) is 0 Å². The summed E-state index contributed by atoms with van der Waals surface area (Å²) < 4.78 is 1.13. The van der Waals surface area contributed by atoms with Crippen molar-refractivity contribution < 1.29 is 31.4 Å². The number of nitrogens with zero attached hydrogens (tertiary/aromatic N) is 1. The van der Waals surface area contributed by atoms with Gasteiger partial charge in [-0.05, 0) is 111 Å². The molecule has 5 heteroatoms. The van der Waals surface area contributed by atoms with Crippen LogP contribution < -0.4 is 22.3 Å². The SMILES string of the molecule is CC(CCC(=O)NCC[N+]1(Cc2ccccc2)CCCC1)[C@H]1CCC2C3CCC4C[C@H](O)CC[C@]4(C)C3CC[C@@]21C.[Br-]. The van der Waals surface area contributed by atoms with Crippen molar-refractivity contribution >= 4 is 5.91 Å². The Morgan fingerprint density at radius 3 is 2.45 bits per heavy atom. The lowest BCUT2D eigenvalue weighted by atomic mass is 9.44. The van der Waals surface area contributed by atoms with Crippen LogP contribution in [0, 0.1) is 46.3 Å². The minimum Gasteiger partial charge on any atom is -1.00 e. The average molecular weight is 644 g/mol. The first-order valence-electron chi connectivity index (χ1n) is 17.6. The summed E-state index contributed by atoms with van der Waals surface area (Å²) in [6.07, 6.45) is 15.9. The quantitative estimate of drug-likeness (QED) is 0.394. The zero-order chi connectivity index (χ0) is 28.7. The molecule has 4 saturated carbocycles. The standard InChI is InChI=1S/C37H58N2O2.BrH/c1-27(11-16-35(41)38-21-24-39(22-7-8-23-39)26-28-9-5-4-6-10-28)32-14-15-33-31-13-12-29-25-30(40)17-19-36(29,2)34(31)18-20-37(32,33)3;/h4-6,9-10,27,29-34,40H,7-8,11-26H2,1-3H3;1H/t27?,29?,30-,31?,32-,33?,34?,36+,37-;/m1./s1. The van der Waals surface area contributed by atoms with E-state index in [0.717, 1.165) is 73.0 Å². The number of likely N-dealkylation sites (tertiary alicyclic amines) is 1. The number of hydrogen-bond donors (Lipinski definition) is 2. The number of rotatable bonds is 9. The van der Waals surface area contributed by atoms with Gasteiger partial charge in [0.05, 0.1) is 32.3 Å². The number of fused-ring (bicyclic) bond motifs is 5. The largest absolute Gasteiger partial charge is 1.00 e. The topological polar surface area (TPSA) is 49.3 Å². The number of hydrogen-bond acceptors (Lipinski definition) is 2. The number of aliphatic hydroxyl groups excluding tert-OH is 1. The fourth-order valence-corrected chi connectivity index (χ4v) is 11.7. The summed E-state index contributed by atoms with van der Waals surface area (Å²) in [7, 11) is 0. The number of benzene rings is 1. The van der Waals surface area contributed by atoms with E-state index in [-0.39, 0.29) is 29.0 Å². The Morgan fingerprint density at radius 1 is 0.976 bits per heavy atom. The van der Waals surface area contributed by atoms with Gasteiger partial charge in [-0.1, -0.05) is 51.1 Å². The van der Waals surface area contributed by atoms with Crippen molar-refractivity contribution in [2.45, 2.75) is 117 Å². The van der Waals surface area contributed by atoms with Gasteiger partial charge in [0.15, 0.2) is 0 Å². The number of aliphatic hydroxyl groups is 1. The van der Waals surface area contributed by atoms with Crippen LogP contribution in [0.1, 0.15) is 110 Å². The number of carbonyl (C=O) groups excluding carboxylic acids is 1. The van der Waals surface area contributed by atoms with Crippen molar-refractivity contribution in [2.75, 3.05) is 26.2 Å². The van der Waals surface area contributed by atoms with E-state index in [1.807, 2.05) is 0 Å². The normalized spacial score (nSPS) is 39.3. The van der Waals surface area contributed by atoms with Gasteiger partial charge in [-0.25, -0.2) is 0 Å². The van der Waals surface area contributed by atoms with Gasteiger partial charge in [0.2, 0.25) is 5.91 Å². The number of carbonyl (C=O) groups is 1. The first-order valence-corrected chi connectivity index (χ1v) is 17.6. The molecule has 5 aliphatic rings. The minimum atomic E-state index is -0.0513. The summed E-state index contributed by atoms with van der Waals surface area (Å²) >= 11 is 0. The van der Waals surface area contributed by atoms with Crippen molar-refractivity contribution in [1.29, 1.82) is 0 Å². The van der Waals surface area contributed by atoms with Crippen LogP contribution in [0.25, 0.3) is 0 Å². The first-order chi connectivity index (χ1) is 19.7. The molecule has 1 aromatic rings. The maximum atomic E-state index is 13.0. The van der Waals surface area contributed by atoms with Crippen LogP contribution in [-0.2, 0) is 11.3 Å². The second-order valence-electron chi connectivity index (χ2n) is 16.0. The molecule has 0 spiro atoms. The molecule has 5 unspecified atom stereocenters. The fourth-order valence-electron chi connectivity index (χ4n) is 11.7. The molecule has 0 bridgehead atoms. The predicted molar refractivity (Wildman–Crippen MR) is 167 cm³/mol. The highest BCUT2D eigenvalue weighted by atomic mass is 79.9. The highest BCUT2D eigenvalue weighted by Gasteiger charge is 2.60. The highest BCUT2D eigenvalue weighted by molar-refractivity contribution is 5.75. The van der Waals surface area contributed by atoms with E-state index in [4.69, 9.17) is 0 Å². The summed E-state index contributed by atoms with van der Waals surface area (Å²) in [6, 6.07) is 10.9. The lowest BCUT2D eigenvalue weighted by molar-refractivity contribution is -0.928. The number of quaternary nitrogens is 1. The average Bonchev–Trinajstić information content (AvgIpc) is 3.57. The van der Waals surface area contributed by atoms with Crippen molar-refractivity contribution in [2.24, 2.45) is 46.3 Å². The van der Waals surface area contributed by atoms with Crippen LogP contribution in [-0.4, -0.2) is 47.8 Å². The summed E-state index contributed by atoms with van der Waals surface area (Å²) in [6.45, 7) is 13.2. The first kappa shape index (κ1) is 32.5. The molecule has 1 aromatic carbocycles. The molecular weight excluding hydrogens is 584 g/mol. The second kappa shape index (κ2) is 13.2. The molecule has 1 heterocycles. The Bertz CT molecular complexity index is 1040. The lowest BCUT2D eigenvalue weighted by Crippen LogP contribution is -3.00. The number of halogens is 1. The molecular formula is C37H59BrN2O2. The molecule has 236 valence electrons. The molecule has 4 aliphatic carbocycles. The third kappa shape index (κ3) is 6.27. The van der Waals surface area contributed by atoms with Crippen molar-refractivity contribution in [3.8, 4) is 0 Å². The molecule has 0 aromatic heterocycles. The minimum absolute atomic E-state index is 0. The Balaban J connectivity index is 0.00000353. The van der Waals surface area contributed by atoms with Crippen molar-refractivity contribution in [3.63, 3.8) is 0 Å². The van der Waals surface area contributed by atoms with Crippen LogP contribution in [0.15, 0.2) is 30.3 Å². The summed E-state index contributed by atoms with van der Waals surface area (Å²) in [4.78, 5) is 13.0. The smallest absolute Gasteiger partial charge is 0.220 e. The van der Waals surface area contributed by atoms with Gasteiger partial charge in [-0.3, -0.25) is 4.79 Å². The molecule has 0 radical (unpaired) electrons. The fraction of sp³-hybridized carbons (Fsp3) is 0.811. The number of nitrogens with one attached hydrogen (secondary N) is 1. The van der Waals surface area contributed by atoms with Gasteiger partial charge in [-0.2, -0.15) is 0 Å². The van der Waals surface area contributed by atoms with E-state index >= 15 is 0 Å². The Morgan fingerprint density at radius 2 is 1.69 bits per heavy atom. The maximum Gasteiger partial charge on any atom is 0.220 e. The van der Waals surface area contributed by atoms with Crippen LogP contribution in [0.3, 0.4) is 0 Å². The van der Waals surface area contributed by atoms with E-state index < -0.39 is 0 Å². The molecule has 2 N–H and O–H groups in total. The molecule has 9 atom stereocenters. The van der Waals surface area contributed by atoms with Gasteiger partial charge >= 0.3 is 0 Å². The maximum absolute atomic E-state index is 13.0. The molecule has 5 fully saturated rings. The molecule has 4 nitrogen and oxygen atoms in total. The third-order valence-electron chi connectivity index (χ3n) is 14.0. The molecule has 42 heavy (non-hydrogen) atoms. The van der Waals surface area contributed by atoms with E-state index in [0.29, 0.717) is 23.2 Å². The summed E-state index contributed by atoms with van der Waals surface area (Å²) in [5.74, 6) is 5.04. The summed E-state index contributed by atoms with van der Waals surface area (Å²) in [5.41, 5.74) is 2.34. The van der Waals surface area contributed by atoms with Crippen molar-refractivity contribution in [3.05, 3.63) is 35.9 Å². The Kier molecular flexibility index (Phi) is 10.2. The van der Waals surface area contributed by atoms with Gasteiger partial charge in [0, 0.05) is 24.8 Å². The van der Waals surface area contributed by atoms with Gasteiger partial charge in [0.1, 0.15) is 6.54 Å². The lowest BCUT2D eigenvalue weighted by Gasteiger charge is -2.61.